The fourth-order valence-corrected chi connectivity index (χ4v) is 1.06. The van der Waals surface area contributed by atoms with E-state index < -0.39 is 5.92 Å². The monoisotopic (exact) mass is 130 g/mol. The van der Waals surface area contributed by atoms with Crippen LogP contribution in [0.1, 0.15) is 25.7 Å². The summed E-state index contributed by atoms with van der Waals surface area (Å²) < 4.78 is 24.6. The molecule has 2 radical (unpaired) electrons. The van der Waals surface area contributed by atoms with Gasteiger partial charge in [-0.25, -0.2) is 8.78 Å². The first-order valence-corrected chi connectivity index (χ1v) is 3.23. The quantitative estimate of drug-likeness (QED) is 0.440. The molecule has 3 heteroatoms. The van der Waals surface area contributed by atoms with Gasteiger partial charge in [-0.3, -0.25) is 0 Å². The first kappa shape index (κ1) is 7.04. The largest absolute Gasteiger partial charge is 0.248 e. The predicted octanol–water partition coefficient (Wildman–Crippen LogP) is 2.15. The molecule has 0 bridgehead atoms. The maximum absolute atomic E-state index is 12.3. The molecular formula is C6H9BF2. The lowest BCUT2D eigenvalue weighted by atomic mass is 9.74. The topological polar surface area (TPSA) is 0 Å². The van der Waals surface area contributed by atoms with Gasteiger partial charge < -0.3 is 0 Å². The minimum absolute atomic E-state index is 0.0182. The average molecular weight is 130 g/mol. The third kappa shape index (κ3) is 1.96. The molecule has 0 atom stereocenters. The maximum Gasteiger partial charge on any atom is 0.248 e. The van der Waals surface area contributed by atoms with Gasteiger partial charge in [-0.2, -0.15) is 0 Å². The molecule has 0 heterocycles. The molecule has 1 fully saturated rings. The van der Waals surface area contributed by atoms with Crippen molar-refractivity contribution in [2.45, 2.75) is 37.4 Å². The zero-order valence-corrected chi connectivity index (χ0v) is 5.24. The molecule has 0 aromatic carbocycles. The fraction of sp³-hybridized carbons (Fsp3) is 1.00. The van der Waals surface area contributed by atoms with Gasteiger partial charge in [-0.15, -0.1) is 0 Å². The second-order valence-electron chi connectivity index (χ2n) is 2.69. The van der Waals surface area contributed by atoms with Gasteiger partial charge in [-0.1, -0.05) is 18.7 Å². The predicted molar refractivity (Wildman–Crippen MR) is 32.9 cm³/mol. The molecule has 0 aromatic heterocycles. The average Bonchev–Trinajstić information content (AvgIpc) is 1.78. The van der Waals surface area contributed by atoms with Crippen molar-refractivity contribution in [1.82, 2.24) is 0 Å². The van der Waals surface area contributed by atoms with E-state index in [4.69, 9.17) is 7.85 Å². The molecule has 9 heavy (non-hydrogen) atoms. The molecule has 0 saturated heterocycles. The van der Waals surface area contributed by atoms with E-state index in [-0.39, 0.29) is 18.7 Å². The minimum Gasteiger partial charge on any atom is -0.207 e. The van der Waals surface area contributed by atoms with Crippen molar-refractivity contribution < 1.29 is 8.78 Å². The summed E-state index contributed by atoms with van der Waals surface area (Å²) in [5.41, 5.74) is 0. The van der Waals surface area contributed by atoms with Gasteiger partial charge in [-0.05, 0) is 0 Å². The van der Waals surface area contributed by atoms with Crippen LogP contribution in [0.15, 0.2) is 0 Å². The fourth-order valence-electron chi connectivity index (χ4n) is 1.06. The molecule has 1 rings (SSSR count). The van der Waals surface area contributed by atoms with E-state index in [1.807, 2.05) is 0 Å². The van der Waals surface area contributed by atoms with Gasteiger partial charge in [0, 0.05) is 12.8 Å². The Morgan fingerprint density at radius 2 is 1.67 bits per heavy atom. The Morgan fingerprint density at radius 1 is 1.22 bits per heavy atom. The van der Waals surface area contributed by atoms with Crippen LogP contribution in [-0.4, -0.2) is 13.8 Å². The van der Waals surface area contributed by atoms with E-state index >= 15 is 0 Å². The third-order valence-electron chi connectivity index (χ3n) is 1.76. The molecular weight excluding hydrogens is 121 g/mol. The van der Waals surface area contributed by atoms with Crippen LogP contribution in [0.25, 0.3) is 0 Å². The number of halogens is 2. The molecule has 0 aromatic rings. The Morgan fingerprint density at radius 3 is 2.00 bits per heavy atom. The summed E-state index contributed by atoms with van der Waals surface area (Å²) in [6.07, 6.45) is 0.919. The SMILES string of the molecule is [B]C1CCC(F)(F)CC1. The van der Waals surface area contributed by atoms with Gasteiger partial charge >= 0.3 is 0 Å². The van der Waals surface area contributed by atoms with Crippen LogP contribution in [0.5, 0.6) is 0 Å². The molecule has 0 unspecified atom stereocenters. The second kappa shape index (κ2) is 2.27. The highest BCUT2D eigenvalue weighted by Crippen LogP contribution is 2.37. The molecule has 1 aliphatic rings. The van der Waals surface area contributed by atoms with E-state index in [2.05, 4.69) is 0 Å². The summed E-state index contributed by atoms with van der Waals surface area (Å²) in [4.78, 5) is 0. The second-order valence-corrected chi connectivity index (χ2v) is 2.69. The van der Waals surface area contributed by atoms with Crippen molar-refractivity contribution in [3.63, 3.8) is 0 Å². The van der Waals surface area contributed by atoms with E-state index in [1.54, 1.807) is 0 Å². The van der Waals surface area contributed by atoms with Crippen LogP contribution in [0.2, 0.25) is 5.82 Å². The summed E-state index contributed by atoms with van der Waals surface area (Å²) in [6.45, 7) is 0. The van der Waals surface area contributed by atoms with E-state index in [0.717, 1.165) is 0 Å². The van der Waals surface area contributed by atoms with Crippen molar-refractivity contribution in [3.05, 3.63) is 0 Å². The van der Waals surface area contributed by atoms with Crippen molar-refractivity contribution >= 4 is 7.85 Å². The van der Waals surface area contributed by atoms with Gasteiger partial charge in [0.05, 0.1) is 7.85 Å². The molecule has 0 amide bonds. The van der Waals surface area contributed by atoms with Crippen LogP contribution in [0.3, 0.4) is 0 Å². The van der Waals surface area contributed by atoms with Crippen molar-refractivity contribution in [2.24, 2.45) is 0 Å². The number of hydrogen-bond acceptors (Lipinski definition) is 0. The number of alkyl halides is 2. The van der Waals surface area contributed by atoms with Crippen LogP contribution in [0, 0.1) is 0 Å². The molecule has 0 spiro atoms. The van der Waals surface area contributed by atoms with Crippen LogP contribution in [-0.2, 0) is 0 Å². The van der Waals surface area contributed by atoms with Crippen LogP contribution < -0.4 is 0 Å². The van der Waals surface area contributed by atoms with Gasteiger partial charge in [0.15, 0.2) is 0 Å². The minimum atomic E-state index is -2.42. The third-order valence-corrected chi connectivity index (χ3v) is 1.76. The summed E-state index contributed by atoms with van der Waals surface area (Å²) >= 11 is 0. The van der Waals surface area contributed by atoms with Crippen molar-refractivity contribution in [3.8, 4) is 0 Å². The Balaban J connectivity index is 2.35. The lowest BCUT2D eigenvalue weighted by Gasteiger charge is -2.25. The summed E-state index contributed by atoms with van der Waals surface area (Å²) in [7, 11) is 5.42. The highest BCUT2D eigenvalue weighted by atomic mass is 19.3. The zero-order valence-electron chi connectivity index (χ0n) is 5.24. The van der Waals surface area contributed by atoms with Gasteiger partial charge in [0.2, 0.25) is 5.92 Å². The molecule has 50 valence electrons. The molecule has 1 aliphatic carbocycles. The molecule has 0 nitrogen and oxygen atoms in total. The summed E-state index contributed by atoms with van der Waals surface area (Å²) in [5, 5.41) is 0. The van der Waals surface area contributed by atoms with Crippen molar-refractivity contribution in [1.29, 1.82) is 0 Å². The lowest BCUT2D eigenvalue weighted by molar-refractivity contribution is -0.0334. The summed E-state index contributed by atoms with van der Waals surface area (Å²) in [6, 6.07) is 0. The Bertz CT molecular complexity index is 93.2. The molecule has 0 N–H and O–H groups in total. The molecule has 1 saturated carbocycles. The highest BCUT2D eigenvalue weighted by molar-refractivity contribution is 6.11. The Labute approximate surface area is 55.0 Å². The summed E-state index contributed by atoms with van der Waals surface area (Å²) in [5.74, 6) is -2.40. The van der Waals surface area contributed by atoms with Crippen LogP contribution >= 0.6 is 0 Å². The standard InChI is InChI=1S/C6H9BF2/c7-5-1-3-6(8,9)4-2-5/h5H,1-4H2. The lowest BCUT2D eigenvalue weighted by Crippen LogP contribution is -2.22. The van der Waals surface area contributed by atoms with Crippen molar-refractivity contribution in [2.75, 3.05) is 0 Å². The first-order valence-electron chi connectivity index (χ1n) is 3.23. The highest BCUT2D eigenvalue weighted by Gasteiger charge is 2.32. The maximum atomic E-state index is 12.3. The van der Waals surface area contributed by atoms with E-state index in [9.17, 15) is 8.78 Å². The van der Waals surface area contributed by atoms with E-state index in [0.29, 0.717) is 12.8 Å². The zero-order chi connectivity index (χ0) is 6.91. The number of rotatable bonds is 0. The smallest absolute Gasteiger partial charge is 0.207 e. The van der Waals surface area contributed by atoms with Gasteiger partial charge in [0.25, 0.3) is 0 Å². The Hall–Kier alpha value is -0.0751. The molecule has 0 aliphatic heterocycles. The Kier molecular flexibility index (Phi) is 1.78. The first-order chi connectivity index (χ1) is 4.10. The number of hydrogen-bond donors (Lipinski definition) is 0. The van der Waals surface area contributed by atoms with E-state index in [1.165, 1.54) is 0 Å². The van der Waals surface area contributed by atoms with Crippen LogP contribution in [0.4, 0.5) is 8.78 Å². The normalized spacial score (nSPS) is 28.2. The van der Waals surface area contributed by atoms with Gasteiger partial charge in [0.1, 0.15) is 0 Å².